The Morgan fingerprint density at radius 2 is 1.89 bits per heavy atom. The highest BCUT2D eigenvalue weighted by Gasteiger charge is 2.50. The van der Waals surface area contributed by atoms with Crippen LogP contribution in [0.3, 0.4) is 0 Å². The Bertz CT molecular complexity index is 1380. The summed E-state index contributed by atoms with van der Waals surface area (Å²) in [4.78, 5) is 32.0. The molecule has 2 aromatic carbocycles. The fraction of sp³-hybridized carbons (Fsp3) is 0.174. The predicted molar refractivity (Wildman–Crippen MR) is 120 cm³/mol. The molecule has 3 heterocycles. The van der Waals surface area contributed by atoms with Crippen LogP contribution in [0.15, 0.2) is 64.5 Å². The summed E-state index contributed by atoms with van der Waals surface area (Å²) in [6.07, 6.45) is -3.09. The number of carbonyl (C=O) groups is 2. The summed E-state index contributed by atoms with van der Waals surface area (Å²) < 4.78 is 47.7. The Balaban J connectivity index is 1.42. The summed E-state index contributed by atoms with van der Waals surface area (Å²) in [5.74, 6) is -0.483. The highest BCUT2D eigenvalue weighted by atomic mass is 32.2. The number of ether oxygens (including phenoxy) is 1. The van der Waals surface area contributed by atoms with E-state index in [9.17, 15) is 22.8 Å². The number of amides is 3. The highest BCUT2D eigenvalue weighted by molar-refractivity contribution is 8.04. The molecule has 0 N–H and O–H groups in total. The molecule has 5 rings (SSSR count). The number of anilines is 1. The average Bonchev–Trinajstić information content (AvgIpc) is 3.47. The fourth-order valence-electron chi connectivity index (χ4n) is 3.78. The molecule has 0 fully saturated rings. The van der Waals surface area contributed by atoms with Crippen molar-refractivity contribution in [2.24, 2.45) is 0 Å². The molecule has 1 unspecified atom stereocenters. The number of hydrogen-bond donors (Lipinski definition) is 0. The third-order valence-corrected chi connectivity index (χ3v) is 6.37. The zero-order valence-corrected chi connectivity index (χ0v) is 18.8. The van der Waals surface area contributed by atoms with Gasteiger partial charge in [-0.25, -0.2) is 4.79 Å². The smallest absolute Gasteiger partial charge is 0.406 e. The van der Waals surface area contributed by atoms with Gasteiger partial charge >= 0.3 is 18.3 Å². The van der Waals surface area contributed by atoms with E-state index >= 15 is 0 Å². The fourth-order valence-corrected chi connectivity index (χ4v) is 4.72. The molecule has 0 radical (unpaired) electrons. The summed E-state index contributed by atoms with van der Waals surface area (Å²) >= 11 is 1.30. The first-order valence-electron chi connectivity index (χ1n) is 10.3. The molecular weight excluding hydrogens is 485 g/mol. The van der Waals surface area contributed by atoms with E-state index in [0.29, 0.717) is 17.0 Å². The number of urea groups is 1. The van der Waals surface area contributed by atoms with Gasteiger partial charge in [0.2, 0.25) is 5.82 Å². The van der Waals surface area contributed by atoms with Gasteiger partial charge in [-0.05, 0) is 54.3 Å². The zero-order chi connectivity index (χ0) is 24.7. The normalized spacial score (nSPS) is 17.8. The summed E-state index contributed by atoms with van der Waals surface area (Å²) in [6.45, 7) is 1.72. The molecule has 35 heavy (non-hydrogen) atoms. The summed E-state index contributed by atoms with van der Waals surface area (Å²) in [6, 6.07) is 11.5. The molecule has 0 aliphatic carbocycles. The van der Waals surface area contributed by atoms with Crippen LogP contribution in [-0.2, 0) is 11.3 Å². The number of nitrogens with zero attached hydrogens (tertiary/aromatic N) is 4. The Labute approximate surface area is 200 Å². The molecule has 0 bridgehead atoms. The molecule has 2 aliphatic heterocycles. The van der Waals surface area contributed by atoms with Crippen molar-refractivity contribution in [1.82, 2.24) is 10.1 Å². The Kier molecular flexibility index (Phi) is 5.67. The average molecular weight is 501 g/mol. The first kappa shape index (κ1) is 22.8. The van der Waals surface area contributed by atoms with Crippen molar-refractivity contribution in [3.63, 3.8) is 0 Å². The molecule has 3 aromatic rings. The quantitative estimate of drug-likeness (QED) is 0.469. The number of carbonyl (C=O) groups excluding carboxylic acids is 2. The number of halogens is 3. The second-order valence-electron chi connectivity index (χ2n) is 7.66. The lowest BCUT2D eigenvalue weighted by Crippen LogP contribution is -2.55. The van der Waals surface area contributed by atoms with Gasteiger partial charge in [-0.3, -0.25) is 0 Å². The topological polar surface area (TPSA) is 88.5 Å². The molecular formula is C23H16F3N4O4S+. The van der Waals surface area contributed by atoms with Crippen LogP contribution in [0.4, 0.5) is 23.7 Å². The van der Waals surface area contributed by atoms with Gasteiger partial charge in [0, 0.05) is 5.56 Å². The number of aromatic nitrogens is 2. The van der Waals surface area contributed by atoms with Crippen molar-refractivity contribution in [3.05, 3.63) is 71.5 Å². The van der Waals surface area contributed by atoms with Crippen molar-refractivity contribution in [1.29, 1.82) is 0 Å². The highest BCUT2D eigenvalue weighted by Crippen LogP contribution is 2.32. The van der Waals surface area contributed by atoms with E-state index in [-0.39, 0.29) is 29.9 Å². The predicted octanol–water partition coefficient (Wildman–Crippen LogP) is 4.69. The maximum atomic E-state index is 13.4. The van der Waals surface area contributed by atoms with Crippen LogP contribution in [0.25, 0.3) is 11.4 Å². The molecule has 8 nitrogen and oxygen atoms in total. The Hall–Kier alpha value is -3.93. The largest absolute Gasteiger partial charge is 0.573 e. The van der Waals surface area contributed by atoms with Gasteiger partial charge in [0.1, 0.15) is 17.1 Å². The maximum absolute atomic E-state index is 13.4. The molecule has 1 aromatic heterocycles. The van der Waals surface area contributed by atoms with E-state index in [1.807, 2.05) is 19.1 Å². The van der Waals surface area contributed by atoms with Crippen molar-refractivity contribution < 1.29 is 36.6 Å². The summed E-state index contributed by atoms with van der Waals surface area (Å²) in [5, 5.41) is 5.04. The molecule has 0 saturated heterocycles. The number of benzene rings is 2. The number of alkyl halides is 3. The SMILES string of the molecule is Cc1ccccc1N1C(=O)C2SC=CC2=[N+](Cc2nc(-c3ccc(OC(F)(F)F)cc3)no2)C1=O. The van der Waals surface area contributed by atoms with E-state index in [2.05, 4.69) is 14.9 Å². The van der Waals surface area contributed by atoms with Crippen molar-refractivity contribution in [2.45, 2.75) is 25.1 Å². The minimum Gasteiger partial charge on any atom is -0.406 e. The lowest BCUT2D eigenvalue weighted by atomic mass is 10.1. The number of allylic oxidation sites excluding steroid dienone is 1. The van der Waals surface area contributed by atoms with Crippen molar-refractivity contribution in [3.8, 4) is 17.1 Å². The molecule has 0 spiro atoms. The Morgan fingerprint density at radius 1 is 1.14 bits per heavy atom. The molecule has 178 valence electrons. The number of thioether (sulfide) groups is 1. The second kappa shape index (κ2) is 8.69. The number of hydrogen-bond acceptors (Lipinski definition) is 7. The molecule has 2 aliphatic rings. The van der Waals surface area contributed by atoms with Crippen LogP contribution in [0.2, 0.25) is 0 Å². The monoisotopic (exact) mass is 501 g/mol. The number of fused-ring (bicyclic) bond motifs is 1. The first-order valence-corrected chi connectivity index (χ1v) is 11.2. The lowest BCUT2D eigenvalue weighted by molar-refractivity contribution is -0.448. The van der Waals surface area contributed by atoms with Gasteiger partial charge in [-0.15, -0.1) is 29.8 Å². The van der Waals surface area contributed by atoms with Gasteiger partial charge in [0.25, 0.3) is 5.89 Å². The van der Waals surface area contributed by atoms with Crippen LogP contribution in [-0.4, -0.2) is 44.0 Å². The van der Waals surface area contributed by atoms with E-state index in [1.165, 1.54) is 28.5 Å². The zero-order valence-electron chi connectivity index (χ0n) is 18.0. The Morgan fingerprint density at radius 3 is 2.60 bits per heavy atom. The summed E-state index contributed by atoms with van der Waals surface area (Å²) in [7, 11) is 0. The molecule has 3 amide bonds. The maximum Gasteiger partial charge on any atom is 0.573 e. The standard InChI is InChI=1S/C23H16F3N4O4S/c1-13-4-2-3-5-16(13)30-21(31)19-17(10-11-35-19)29(22(30)32)12-18-27-20(28-34-18)14-6-8-15(9-7-14)33-23(24,25)26/h2-11,19H,12H2,1H3/q+1. The number of rotatable bonds is 5. The van der Waals surface area contributed by atoms with Crippen LogP contribution in [0.1, 0.15) is 11.5 Å². The van der Waals surface area contributed by atoms with Crippen LogP contribution >= 0.6 is 11.8 Å². The van der Waals surface area contributed by atoms with Gasteiger partial charge in [0.05, 0.1) is 0 Å². The minimum absolute atomic E-state index is 0.0898. The van der Waals surface area contributed by atoms with Crippen molar-refractivity contribution in [2.75, 3.05) is 4.90 Å². The molecule has 12 heteroatoms. The third kappa shape index (κ3) is 4.44. The first-order chi connectivity index (χ1) is 16.7. The van der Waals surface area contributed by atoms with Gasteiger partial charge < -0.3 is 9.26 Å². The minimum atomic E-state index is -4.79. The van der Waals surface area contributed by atoms with Crippen LogP contribution in [0, 0.1) is 6.92 Å². The van der Waals surface area contributed by atoms with Crippen LogP contribution in [0.5, 0.6) is 5.75 Å². The second-order valence-corrected chi connectivity index (χ2v) is 8.67. The van der Waals surface area contributed by atoms with Crippen LogP contribution < -0.4 is 9.64 Å². The van der Waals surface area contributed by atoms with Crippen molar-refractivity contribution >= 4 is 35.1 Å². The van der Waals surface area contributed by atoms with Gasteiger partial charge in [-0.1, -0.05) is 23.4 Å². The van der Waals surface area contributed by atoms with E-state index in [0.717, 1.165) is 22.6 Å². The number of imide groups is 1. The van der Waals surface area contributed by atoms with E-state index in [1.54, 1.807) is 23.6 Å². The lowest BCUT2D eigenvalue weighted by Gasteiger charge is -2.24. The number of para-hydroxylation sites is 1. The van der Waals surface area contributed by atoms with E-state index in [4.69, 9.17) is 4.52 Å². The van der Waals surface area contributed by atoms with Gasteiger partial charge in [-0.2, -0.15) is 14.4 Å². The molecule has 1 atom stereocenters. The molecule has 0 saturated carbocycles. The third-order valence-electron chi connectivity index (χ3n) is 5.36. The van der Waals surface area contributed by atoms with Gasteiger partial charge in [0.15, 0.2) is 11.8 Å². The summed E-state index contributed by atoms with van der Waals surface area (Å²) in [5.41, 5.74) is 2.18. The number of aryl methyl sites for hydroxylation is 1. The van der Waals surface area contributed by atoms with E-state index < -0.39 is 17.6 Å².